The van der Waals surface area contributed by atoms with Gasteiger partial charge in [0.1, 0.15) is 5.15 Å². The van der Waals surface area contributed by atoms with Crippen molar-refractivity contribution in [3.05, 3.63) is 65.4 Å². The molecule has 0 spiro atoms. The summed E-state index contributed by atoms with van der Waals surface area (Å²) in [5.74, 6) is 0. The van der Waals surface area contributed by atoms with Gasteiger partial charge in [-0.25, -0.2) is 13.4 Å². The average molecular weight is 333 g/mol. The molecule has 1 N–H and O–H groups in total. The Morgan fingerprint density at radius 3 is 2.45 bits per heavy atom. The van der Waals surface area contributed by atoms with E-state index in [1.54, 1.807) is 54.7 Å². The van der Waals surface area contributed by atoms with Crippen molar-refractivity contribution in [2.24, 2.45) is 0 Å². The molecule has 0 aliphatic heterocycles. The number of sulfonamides is 1. The Bertz CT molecular complexity index is 938. The fourth-order valence-electron chi connectivity index (χ4n) is 2.11. The molecule has 3 aromatic rings. The summed E-state index contributed by atoms with van der Waals surface area (Å²) in [6.45, 7) is 1.91. The number of aryl methyl sites for hydroxylation is 1. The van der Waals surface area contributed by atoms with Gasteiger partial charge in [-0.1, -0.05) is 35.4 Å². The van der Waals surface area contributed by atoms with Crippen molar-refractivity contribution in [3.8, 4) is 0 Å². The molecule has 0 saturated heterocycles. The quantitative estimate of drug-likeness (QED) is 0.737. The van der Waals surface area contributed by atoms with Crippen LogP contribution in [0.5, 0.6) is 0 Å². The van der Waals surface area contributed by atoms with Crippen molar-refractivity contribution in [2.45, 2.75) is 11.8 Å². The van der Waals surface area contributed by atoms with E-state index >= 15 is 0 Å². The molecule has 4 nitrogen and oxygen atoms in total. The Morgan fingerprint density at radius 1 is 1.00 bits per heavy atom. The van der Waals surface area contributed by atoms with Gasteiger partial charge in [-0.15, -0.1) is 0 Å². The van der Waals surface area contributed by atoms with Crippen LogP contribution in [0.15, 0.2) is 59.6 Å². The van der Waals surface area contributed by atoms with E-state index in [9.17, 15) is 8.42 Å². The number of pyridine rings is 1. The predicted octanol–water partition coefficient (Wildman–Crippen LogP) is 4.00. The van der Waals surface area contributed by atoms with Crippen LogP contribution in [0, 0.1) is 6.92 Å². The number of nitrogens with one attached hydrogen (secondary N) is 1. The highest BCUT2D eigenvalue weighted by molar-refractivity contribution is 7.92. The minimum atomic E-state index is -3.61. The molecule has 6 heteroatoms. The highest BCUT2D eigenvalue weighted by Gasteiger charge is 2.14. The van der Waals surface area contributed by atoms with Gasteiger partial charge in [0.25, 0.3) is 10.0 Å². The summed E-state index contributed by atoms with van der Waals surface area (Å²) < 4.78 is 27.3. The van der Waals surface area contributed by atoms with Crippen LogP contribution in [0.2, 0.25) is 5.15 Å². The molecule has 0 unspecified atom stereocenters. The number of rotatable bonds is 3. The summed E-state index contributed by atoms with van der Waals surface area (Å²) in [7, 11) is -3.61. The first-order valence-corrected chi connectivity index (χ1v) is 8.45. The van der Waals surface area contributed by atoms with Gasteiger partial charge in [0.2, 0.25) is 0 Å². The summed E-state index contributed by atoms with van der Waals surface area (Å²) in [5, 5.41) is 2.08. The third-order valence-electron chi connectivity index (χ3n) is 3.27. The zero-order chi connectivity index (χ0) is 15.7. The third-order valence-corrected chi connectivity index (χ3v) is 4.88. The number of fused-ring (bicyclic) bond motifs is 1. The molecule has 0 saturated carbocycles. The summed E-state index contributed by atoms with van der Waals surface area (Å²) in [6, 6.07) is 13.6. The third kappa shape index (κ3) is 3.05. The molecule has 0 aliphatic rings. The van der Waals surface area contributed by atoms with E-state index in [4.69, 9.17) is 11.6 Å². The van der Waals surface area contributed by atoms with Crippen LogP contribution in [0.3, 0.4) is 0 Å². The van der Waals surface area contributed by atoms with E-state index in [1.807, 2.05) is 6.92 Å². The molecule has 1 heterocycles. The van der Waals surface area contributed by atoms with Crippen LogP contribution in [-0.4, -0.2) is 13.4 Å². The summed E-state index contributed by atoms with van der Waals surface area (Å²) in [5.41, 5.74) is 1.49. The molecule has 2 aromatic carbocycles. The molecule has 112 valence electrons. The smallest absolute Gasteiger partial charge is 0.261 e. The van der Waals surface area contributed by atoms with Crippen LogP contribution in [0.1, 0.15) is 5.56 Å². The van der Waals surface area contributed by atoms with Gasteiger partial charge in [0.15, 0.2) is 0 Å². The molecule has 0 aliphatic carbocycles. The van der Waals surface area contributed by atoms with Crippen LogP contribution < -0.4 is 4.72 Å². The predicted molar refractivity (Wildman–Crippen MR) is 88.7 cm³/mol. The molecule has 0 fully saturated rings. The molecule has 0 atom stereocenters. The van der Waals surface area contributed by atoms with Gasteiger partial charge < -0.3 is 0 Å². The summed E-state index contributed by atoms with van der Waals surface area (Å²) >= 11 is 5.87. The Kier molecular flexibility index (Phi) is 3.76. The standard InChI is InChI=1S/C16H13ClN2O2S/c1-11-2-6-15(7-3-11)22(20,21)19-14-5-4-12-10-18-16(17)9-13(12)8-14/h2-10,19H,1H3. The van der Waals surface area contributed by atoms with Crippen LogP contribution in [0.4, 0.5) is 5.69 Å². The Balaban J connectivity index is 1.96. The Labute approximate surface area is 133 Å². The van der Waals surface area contributed by atoms with Crippen LogP contribution in [-0.2, 0) is 10.0 Å². The molecular formula is C16H13ClN2O2S. The number of hydrogen-bond donors (Lipinski definition) is 1. The number of anilines is 1. The average Bonchev–Trinajstić information content (AvgIpc) is 2.47. The van der Waals surface area contributed by atoms with Crippen molar-refractivity contribution >= 4 is 38.1 Å². The van der Waals surface area contributed by atoms with Crippen molar-refractivity contribution in [1.82, 2.24) is 4.98 Å². The van der Waals surface area contributed by atoms with Gasteiger partial charge in [-0.3, -0.25) is 4.72 Å². The van der Waals surface area contributed by atoms with E-state index < -0.39 is 10.0 Å². The molecule has 22 heavy (non-hydrogen) atoms. The minimum Gasteiger partial charge on any atom is -0.280 e. The van der Waals surface area contributed by atoms with E-state index in [1.165, 1.54) is 0 Å². The number of benzene rings is 2. The maximum Gasteiger partial charge on any atom is 0.261 e. The summed E-state index contributed by atoms with van der Waals surface area (Å²) in [6.07, 6.45) is 1.65. The fraction of sp³-hybridized carbons (Fsp3) is 0.0625. The van der Waals surface area contributed by atoms with Crippen molar-refractivity contribution in [3.63, 3.8) is 0 Å². The van der Waals surface area contributed by atoms with Crippen molar-refractivity contribution in [1.29, 1.82) is 0 Å². The van der Waals surface area contributed by atoms with E-state index in [0.29, 0.717) is 10.8 Å². The first-order valence-electron chi connectivity index (χ1n) is 6.59. The highest BCUT2D eigenvalue weighted by atomic mass is 35.5. The maximum atomic E-state index is 12.4. The molecule has 3 rings (SSSR count). The Morgan fingerprint density at radius 2 is 1.73 bits per heavy atom. The number of hydrogen-bond acceptors (Lipinski definition) is 3. The van der Waals surface area contributed by atoms with E-state index in [0.717, 1.165) is 16.3 Å². The zero-order valence-electron chi connectivity index (χ0n) is 11.7. The second kappa shape index (κ2) is 5.59. The fourth-order valence-corrected chi connectivity index (χ4v) is 3.32. The normalized spacial score (nSPS) is 11.5. The largest absolute Gasteiger partial charge is 0.280 e. The van der Waals surface area contributed by atoms with Crippen LogP contribution >= 0.6 is 11.6 Å². The first kappa shape index (κ1) is 14.8. The second-order valence-electron chi connectivity index (χ2n) is 4.99. The number of nitrogens with zero attached hydrogens (tertiary/aromatic N) is 1. The van der Waals surface area contributed by atoms with Gasteiger partial charge in [-0.2, -0.15) is 0 Å². The van der Waals surface area contributed by atoms with E-state index in [2.05, 4.69) is 9.71 Å². The minimum absolute atomic E-state index is 0.228. The molecule has 0 radical (unpaired) electrons. The van der Waals surface area contributed by atoms with Gasteiger partial charge in [-0.05, 0) is 42.6 Å². The maximum absolute atomic E-state index is 12.4. The topological polar surface area (TPSA) is 59.1 Å². The second-order valence-corrected chi connectivity index (χ2v) is 7.06. The van der Waals surface area contributed by atoms with Crippen molar-refractivity contribution < 1.29 is 8.42 Å². The van der Waals surface area contributed by atoms with Gasteiger partial charge in [0, 0.05) is 17.3 Å². The van der Waals surface area contributed by atoms with Crippen LogP contribution in [0.25, 0.3) is 10.8 Å². The van der Waals surface area contributed by atoms with E-state index in [-0.39, 0.29) is 4.90 Å². The lowest BCUT2D eigenvalue weighted by Gasteiger charge is -2.09. The summed E-state index contributed by atoms with van der Waals surface area (Å²) in [4.78, 5) is 4.22. The zero-order valence-corrected chi connectivity index (χ0v) is 13.3. The molecular weight excluding hydrogens is 320 g/mol. The van der Waals surface area contributed by atoms with Gasteiger partial charge in [0.05, 0.1) is 4.90 Å². The number of halogens is 1. The first-order chi connectivity index (χ1) is 10.4. The number of aromatic nitrogens is 1. The lowest BCUT2D eigenvalue weighted by molar-refractivity contribution is 0.601. The molecule has 1 aromatic heterocycles. The van der Waals surface area contributed by atoms with Gasteiger partial charge >= 0.3 is 0 Å². The molecule has 0 bridgehead atoms. The highest BCUT2D eigenvalue weighted by Crippen LogP contribution is 2.23. The SMILES string of the molecule is Cc1ccc(S(=O)(=O)Nc2ccc3cnc(Cl)cc3c2)cc1. The monoisotopic (exact) mass is 332 g/mol. The Hall–Kier alpha value is -2.11. The lowest BCUT2D eigenvalue weighted by Crippen LogP contribution is -2.12. The van der Waals surface area contributed by atoms with Crippen molar-refractivity contribution in [2.75, 3.05) is 4.72 Å². The molecule has 0 amide bonds. The lowest BCUT2D eigenvalue weighted by atomic mass is 10.2.